The van der Waals surface area contributed by atoms with Gasteiger partial charge in [-0.1, -0.05) is 46.9 Å². The molecule has 0 radical (unpaired) electrons. The predicted octanol–water partition coefficient (Wildman–Crippen LogP) is 5.44. The summed E-state index contributed by atoms with van der Waals surface area (Å²) in [4.78, 5) is 0. The van der Waals surface area contributed by atoms with E-state index < -0.39 is 0 Å². The van der Waals surface area contributed by atoms with Crippen molar-refractivity contribution in [3.8, 4) is 0 Å². The second-order valence-electron chi connectivity index (χ2n) is 4.50. The first-order chi connectivity index (χ1) is 9.95. The van der Waals surface area contributed by atoms with Crippen molar-refractivity contribution in [3.05, 3.63) is 62.6 Å². The van der Waals surface area contributed by atoms with Crippen molar-refractivity contribution in [2.75, 3.05) is 5.32 Å². The summed E-state index contributed by atoms with van der Waals surface area (Å²) in [5.41, 5.74) is 2.86. The van der Waals surface area contributed by atoms with Crippen LogP contribution in [-0.4, -0.2) is 5.11 Å². The minimum absolute atomic E-state index is 0.506. The van der Waals surface area contributed by atoms with Gasteiger partial charge in [-0.2, -0.15) is 0 Å². The summed E-state index contributed by atoms with van der Waals surface area (Å²) in [6.07, 6.45) is 0. The van der Waals surface area contributed by atoms with Gasteiger partial charge in [-0.3, -0.25) is 0 Å². The molecule has 0 atom stereocenters. The van der Waals surface area contributed by atoms with Gasteiger partial charge in [0.15, 0.2) is 5.11 Å². The zero-order chi connectivity index (χ0) is 15.4. The van der Waals surface area contributed by atoms with Crippen molar-refractivity contribution in [1.82, 2.24) is 5.32 Å². The Kier molecular flexibility index (Phi) is 5.71. The molecule has 0 aliphatic rings. The molecule has 2 aromatic rings. The molecule has 0 bridgehead atoms. The zero-order valence-corrected chi connectivity index (χ0v) is 14.3. The summed E-state index contributed by atoms with van der Waals surface area (Å²) in [5.74, 6) is 0. The highest BCUT2D eigenvalue weighted by Crippen LogP contribution is 2.22. The number of anilines is 1. The van der Waals surface area contributed by atoms with Crippen LogP contribution in [-0.2, 0) is 6.54 Å². The molecule has 0 aliphatic carbocycles. The summed E-state index contributed by atoms with van der Waals surface area (Å²) in [6, 6.07) is 11.0. The molecule has 2 nitrogen and oxygen atoms in total. The largest absolute Gasteiger partial charge is 0.358 e. The molecular formula is C15H13Cl3N2S. The molecule has 6 heteroatoms. The van der Waals surface area contributed by atoms with Crippen molar-refractivity contribution in [3.63, 3.8) is 0 Å². The standard InChI is InChI=1S/C15H13Cl3N2S/c1-9-2-4-12(17)7-14(9)20-15(21)19-8-10-3-5-11(16)6-13(10)18/h2-7H,8H2,1H3,(H2,19,20,21). The molecule has 0 aromatic heterocycles. The van der Waals surface area contributed by atoms with Crippen LogP contribution in [0.15, 0.2) is 36.4 Å². The first-order valence-electron chi connectivity index (χ1n) is 6.20. The maximum Gasteiger partial charge on any atom is 0.171 e. The van der Waals surface area contributed by atoms with Crippen LogP contribution in [0.2, 0.25) is 15.1 Å². The van der Waals surface area contributed by atoms with Crippen LogP contribution in [0.5, 0.6) is 0 Å². The smallest absolute Gasteiger partial charge is 0.171 e. The van der Waals surface area contributed by atoms with Crippen molar-refractivity contribution in [1.29, 1.82) is 0 Å². The van der Waals surface area contributed by atoms with Gasteiger partial charge in [0.1, 0.15) is 0 Å². The number of nitrogens with one attached hydrogen (secondary N) is 2. The highest BCUT2D eigenvalue weighted by atomic mass is 35.5. The molecule has 0 heterocycles. The normalized spacial score (nSPS) is 10.3. The van der Waals surface area contributed by atoms with E-state index in [0.717, 1.165) is 16.8 Å². The molecule has 0 unspecified atom stereocenters. The fourth-order valence-corrected chi connectivity index (χ4v) is 2.57. The molecule has 0 aliphatic heterocycles. The third kappa shape index (κ3) is 4.75. The molecule has 2 rings (SSSR count). The summed E-state index contributed by atoms with van der Waals surface area (Å²) in [6.45, 7) is 2.50. The van der Waals surface area contributed by atoms with Crippen molar-refractivity contribution >= 4 is 57.8 Å². The van der Waals surface area contributed by atoms with E-state index in [9.17, 15) is 0 Å². The van der Waals surface area contributed by atoms with E-state index in [2.05, 4.69) is 10.6 Å². The summed E-state index contributed by atoms with van der Waals surface area (Å²) in [5, 5.41) is 8.61. The zero-order valence-electron chi connectivity index (χ0n) is 11.2. The number of halogens is 3. The van der Waals surface area contributed by atoms with Gasteiger partial charge in [-0.25, -0.2) is 0 Å². The molecule has 0 amide bonds. The lowest BCUT2D eigenvalue weighted by molar-refractivity contribution is 0.926. The monoisotopic (exact) mass is 358 g/mol. The number of thiocarbonyl (C=S) groups is 1. The third-order valence-electron chi connectivity index (χ3n) is 2.90. The summed E-state index contributed by atoms with van der Waals surface area (Å²) in [7, 11) is 0. The Morgan fingerprint density at radius 2 is 1.71 bits per heavy atom. The van der Waals surface area contributed by atoms with E-state index in [4.69, 9.17) is 47.0 Å². The van der Waals surface area contributed by atoms with Crippen molar-refractivity contribution < 1.29 is 0 Å². The average molecular weight is 360 g/mol. The SMILES string of the molecule is Cc1ccc(Cl)cc1NC(=S)NCc1ccc(Cl)cc1Cl. The molecule has 2 aromatic carbocycles. The third-order valence-corrected chi connectivity index (χ3v) is 3.97. The van der Waals surface area contributed by atoms with Gasteiger partial charge in [0.2, 0.25) is 0 Å². The Balaban J connectivity index is 1.97. The molecule has 21 heavy (non-hydrogen) atoms. The molecule has 2 N–H and O–H groups in total. The van der Waals surface area contributed by atoms with Gasteiger partial charge in [0, 0.05) is 27.3 Å². The Morgan fingerprint density at radius 1 is 1.05 bits per heavy atom. The second-order valence-corrected chi connectivity index (χ2v) is 6.19. The minimum Gasteiger partial charge on any atom is -0.358 e. The second kappa shape index (κ2) is 7.32. The van der Waals surface area contributed by atoms with E-state index in [1.54, 1.807) is 12.1 Å². The number of hydrogen-bond acceptors (Lipinski definition) is 1. The van der Waals surface area contributed by atoms with E-state index >= 15 is 0 Å². The first kappa shape index (κ1) is 16.4. The van der Waals surface area contributed by atoms with Crippen LogP contribution in [0.25, 0.3) is 0 Å². The van der Waals surface area contributed by atoms with Crippen LogP contribution < -0.4 is 10.6 Å². The predicted molar refractivity (Wildman–Crippen MR) is 95.7 cm³/mol. The Hall–Kier alpha value is -1.000. The fraction of sp³-hybridized carbons (Fsp3) is 0.133. The van der Waals surface area contributed by atoms with E-state index in [1.165, 1.54) is 0 Å². The van der Waals surface area contributed by atoms with Gasteiger partial charge in [-0.05, 0) is 54.5 Å². The quantitative estimate of drug-likeness (QED) is 0.713. The van der Waals surface area contributed by atoms with E-state index in [-0.39, 0.29) is 0 Å². The topological polar surface area (TPSA) is 24.1 Å². The highest BCUT2D eigenvalue weighted by molar-refractivity contribution is 7.80. The van der Waals surface area contributed by atoms with Gasteiger partial charge < -0.3 is 10.6 Å². The van der Waals surface area contributed by atoms with Crippen LogP contribution in [0, 0.1) is 6.92 Å². The Labute approximate surface area is 144 Å². The summed E-state index contributed by atoms with van der Waals surface area (Å²) >= 11 is 23.2. The molecule has 0 saturated carbocycles. The number of benzene rings is 2. The maximum atomic E-state index is 6.11. The lowest BCUT2D eigenvalue weighted by Crippen LogP contribution is -2.28. The molecule has 0 fully saturated rings. The molecule has 0 spiro atoms. The minimum atomic E-state index is 0.506. The maximum absolute atomic E-state index is 6.11. The van der Waals surface area contributed by atoms with Gasteiger partial charge in [-0.15, -0.1) is 0 Å². The first-order valence-corrected chi connectivity index (χ1v) is 7.75. The summed E-state index contributed by atoms with van der Waals surface area (Å²) < 4.78 is 0. The lowest BCUT2D eigenvalue weighted by atomic mass is 10.2. The number of aryl methyl sites for hydroxylation is 1. The number of hydrogen-bond donors (Lipinski definition) is 2. The average Bonchev–Trinajstić information content (AvgIpc) is 2.42. The number of rotatable bonds is 3. The van der Waals surface area contributed by atoms with Crippen LogP contribution in [0.1, 0.15) is 11.1 Å². The molecule has 110 valence electrons. The Bertz CT molecular complexity index is 674. The van der Waals surface area contributed by atoms with Gasteiger partial charge in [0.05, 0.1) is 0 Å². The van der Waals surface area contributed by atoms with Gasteiger partial charge >= 0.3 is 0 Å². The highest BCUT2D eigenvalue weighted by Gasteiger charge is 2.04. The lowest BCUT2D eigenvalue weighted by Gasteiger charge is -2.13. The van der Waals surface area contributed by atoms with E-state index in [0.29, 0.717) is 26.7 Å². The molecular weight excluding hydrogens is 347 g/mol. The molecule has 0 saturated heterocycles. The van der Waals surface area contributed by atoms with E-state index in [1.807, 2.05) is 31.2 Å². The fourth-order valence-electron chi connectivity index (χ4n) is 1.74. The van der Waals surface area contributed by atoms with Crippen LogP contribution >= 0.6 is 47.0 Å². The van der Waals surface area contributed by atoms with Crippen molar-refractivity contribution in [2.24, 2.45) is 0 Å². The Morgan fingerprint density at radius 3 is 2.43 bits per heavy atom. The van der Waals surface area contributed by atoms with Crippen LogP contribution in [0.4, 0.5) is 5.69 Å². The van der Waals surface area contributed by atoms with Crippen molar-refractivity contribution in [2.45, 2.75) is 13.5 Å². The van der Waals surface area contributed by atoms with Gasteiger partial charge in [0.25, 0.3) is 0 Å². The van der Waals surface area contributed by atoms with Crippen LogP contribution in [0.3, 0.4) is 0 Å².